The molecule has 1 saturated heterocycles. The number of rotatable bonds is 4. The van der Waals surface area contributed by atoms with Crippen LogP contribution in [0.5, 0.6) is 0 Å². The van der Waals surface area contributed by atoms with Gasteiger partial charge < -0.3 is 5.32 Å². The highest BCUT2D eigenvalue weighted by molar-refractivity contribution is 7.89. The minimum atomic E-state index is -3.41. The highest BCUT2D eigenvalue weighted by Gasteiger charge is 2.28. The van der Waals surface area contributed by atoms with Crippen molar-refractivity contribution >= 4 is 10.0 Å². The fraction of sp³-hybridized carbons (Fsp3) is 0.600. The van der Waals surface area contributed by atoms with Gasteiger partial charge in [0.25, 0.3) is 0 Å². The fourth-order valence-corrected chi connectivity index (χ4v) is 3.79. The van der Waals surface area contributed by atoms with E-state index < -0.39 is 10.0 Å². The molecule has 1 fully saturated rings. The van der Waals surface area contributed by atoms with Gasteiger partial charge in [0.2, 0.25) is 10.0 Å². The molecule has 1 atom stereocenters. The lowest BCUT2D eigenvalue weighted by atomic mass is 9.83. The van der Waals surface area contributed by atoms with Crippen molar-refractivity contribution in [2.24, 2.45) is 5.41 Å². The lowest BCUT2D eigenvalue weighted by Crippen LogP contribution is -2.45. The van der Waals surface area contributed by atoms with E-state index in [0.29, 0.717) is 11.4 Å². The van der Waals surface area contributed by atoms with E-state index in [1.807, 2.05) is 19.9 Å². The highest BCUT2D eigenvalue weighted by Crippen LogP contribution is 2.25. The average Bonchev–Trinajstić information content (AvgIpc) is 2.41. The Hall–Kier alpha value is -0.910. The summed E-state index contributed by atoms with van der Waals surface area (Å²) >= 11 is 0. The van der Waals surface area contributed by atoms with Gasteiger partial charge in [0.15, 0.2) is 0 Å². The third-order valence-corrected chi connectivity index (χ3v) is 5.56. The molecule has 4 nitrogen and oxygen atoms in total. The van der Waals surface area contributed by atoms with Gasteiger partial charge in [0.1, 0.15) is 0 Å². The molecule has 0 radical (unpaired) electrons. The lowest BCUT2D eigenvalue weighted by molar-refractivity contribution is 0.238. The Labute approximate surface area is 122 Å². The Kier molecular flexibility index (Phi) is 4.52. The average molecular weight is 296 g/mol. The Morgan fingerprint density at radius 2 is 2.05 bits per heavy atom. The summed E-state index contributed by atoms with van der Waals surface area (Å²) < 4.78 is 27.5. The molecular formula is C15H24N2O2S. The van der Waals surface area contributed by atoms with Gasteiger partial charge in [-0.2, -0.15) is 0 Å². The highest BCUT2D eigenvalue weighted by atomic mass is 32.2. The van der Waals surface area contributed by atoms with Crippen LogP contribution in [0.1, 0.15) is 30.9 Å². The van der Waals surface area contributed by atoms with E-state index in [1.165, 1.54) is 0 Å². The normalized spacial score (nSPS) is 23.8. The SMILES string of the molecule is Cc1ccc(S(=O)(=O)NCC2(C)CCCNC2)cc1C. The van der Waals surface area contributed by atoms with Crippen LogP contribution in [0.3, 0.4) is 0 Å². The number of piperidine rings is 1. The van der Waals surface area contributed by atoms with E-state index in [9.17, 15) is 8.42 Å². The van der Waals surface area contributed by atoms with E-state index in [-0.39, 0.29) is 5.41 Å². The van der Waals surface area contributed by atoms with Gasteiger partial charge in [0.05, 0.1) is 4.90 Å². The molecule has 1 aromatic rings. The summed E-state index contributed by atoms with van der Waals surface area (Å²) in [5, 5.41) is 3.33. The number of benzene rings is 1. The van der Waals surface area contributed by atoms with Crippen LogP contribution in [0.15, 0.2) is 23.1 Å². The second-order valence-electron chi connectivity index (χ2n) is 6.16. The predicted octanol–water partition coefficient (Wildman–Crippen LogP) is 1.97. The molecule has 112 valence electrons. The van der Waals surface area contributed by atoms with Crippen LogP contribution >= 0.6 is 0 Å². The standard InChI is InChI=1S/C15H24N2O2S/c1-12-5-6-14(9-13(12)2)20(18,19)17-11-15(3)7-4-8-16-10-15/h5-6,9,16-17H,4,7-8,10-11H2,1-3H3. The summed E-state index contributed by atoms with van der Waals surface area (Å²) in [6, 6.07) is 5.26. The van der Waals surface area contributed by atoms with Gasteiger partial charge in [-0.1, -0.05) is 13.0 Å². The van der Waals surface area contributed by atoms with Crippen LogP contribution in [0, 0.1) is 19.3 Å². The van der Waals surface area contributed by atoms with Gasteiger partial charge in [-0.3, -0.25) is 0 Å². The van der Waals surface area contributed by atoms with E-state index >= 15 is 0 Å². The number of sulfonamides is 1. The summed E-state index contributed by atoms with van der Waals surface area (Å²) in [4.78, 5) is 0.355. The first kappa shape index (κ1) is 15.5. The second-order valence-corrected chi connectivity index (χ2v) is 7.93. The molecular weight excluding hydrogens is 272 g/mol. The van der Waals surface area contributed by atoms with Gasteiger partial charge in [0, 0.05) is 13.1 Å². The number of hydrogen-bond donors (Lipinski definition) is 2. The maximum absolute atomic E-state index is 12.3. The molecule has 0 saturated carbocycles. The topological polar surface area (TPSA) is 58.2 Å². The van der Waals surface area contributed by atoms with Crippen molar-refractivity contribution in [2.75, 3.05) is 19.6 Å². The monoisotopic (exact) mass is 296 g/mol. The molecule has 20 heavy (non-hydrogen) atoms. The van der Waals surface area contributed by atoms with Crippen molar-refractivity contribution in [3.05, 3.63) is 29.3 Å². The zero-order valence-electron chi connectivity index (χ0n) is 12.5. The third kappa shape index (κ3) is 3.59. The molecule has 2 N–H and O–H groups in total. The van der Waals surface area contributed by atoms with Crippen molar-refractivity contribution in [1.29, 1.82) is 0 Å². The molecule has 5 heteroatoms. The first-order valence-electron chi connectivity index (χ1n) is 7.10. The smallest absolute Gasteiger partial charge is 0.240 e. The Balaban J connectivity index is 2.09. The molecule has 1 aromatic carbocycles. The Morgan fingerprint density at radius 3 is 2.65 bits per heavy atom. The summed E-state index contributed by atoms with van der Waals surface area (Å²) in [6.45, 7) is 8.41. The Morgan fingerprint density at radius 1 is 1.30 bits per heavy atom. The van der Waals surface area contributed by atoms with Crippen molar-refractivity contribution in [3.63, 3.8) is 0 Å². The molecule has 0 bridgehead atoms. The van der Waals surface area contributed by atoms with Crippen molar-refractivity contribution in [3.8, 4) is 0 Å². The number of hydrogen-bond acceptors (Lipinski definition) is 3. The minimum absolute atomic E-state index is 0.00502. The molecule has 0 amide bonds. The maximum atomic E-state index is 12.3. The molecule has 1 aliphatic rings. The van der Waals surface area contributed by atoms with Crippen LogP contribution in [-0.2, 0) is 10.0 Å². The van der Waals surface area contributed by atoms with E-state index in [1.54, 1.807) is 12.1 Å². The molecule has 2 rings (SSSR count). The van der Waals surface area contributed by atoms with Crippen LogP contribution in [0.4, 0.5) is 0 Å². The van der Waals surface area contributed by atoms with Crippen LogP contribution in [0.25, 0.3) is 0 Å². The van der Waals surface area contributed by atoms with Crippen molar-refractivity contribution in [1.82, 2.24) is 10.0 Å². The third-order valence-electron chi connectivity index (χ3n) is 4.16. The summed E-state index contributed by atoms with van der Waals surface area (Å²) in [7, 11) is -3.41. The van der Waals surface area contributed by atoms with Crippen LogP contribution in [0.2, 0.25) is 0 Å². The van der Waals surface area contributed by atoms with E-state index in [2.05, 4.69) is 17.0 Å². The first-order valence-corrected chi connectivity index (χ1v) is 8.58. The van der Waals surface area contributed by atoms with E-state index in [0.717, 1.165) is 37.1 Å². The molecule has 0 spiro atoms. The zero-order valence-corrected chi connectivity index (χ0v) is 13.3. The lowest BCUT2D eigenvalue weighted by Gasteiger charge is -2.34. The maximum Gasteiger partial charge on any atom is 0.240 e. The van der Waals surface area contributed by atoms with Crippen LogP contribution in [-0.4, -0.2) is 28.1 Å². The number of aryl methyl sites for hydroxylation is 2. The summed E-state index contributed by atoms with van der Waals surface area (Å²) in [5.74, 6) is 0. The first-order chi connectivity index (χ1) is 9.32. The number of nitrogens with one attached hydrogen (secondary N) is 2. The van der Waals surface area contributed by atoms with Crippen molar-refractivity contribution < 1.29 is 8.42 Å². The molecule has 0 aromatic heterocycles. The van der Waals surface area contributed by atoms with Crippen molar-refractivity contribution in [2.45, 2.75) is 38.5 Å². The summed E-state index contributed by atoms with van der Waals surface area (Å²) in [5.41, 5.74) is 2.11. The largest absolute Gasteiger partial charge is 0.316 e. The van der Waals surface area contributed by atoms with Gasteiger partial charge in [-0.15, -0.1) is 0 Å². The molecule has 1 unspecified atom stereocenters. The molecule has 0 aliphatic carbocycles. The predicted molar refractivity (Wildman–Crippen MR) is 81.3 cm³/mol. The van der Waals surface area contributed by atoms with E-state index in [4.69, 9.17) is 0 Å². The summed E-state index contributed by atoms with van der Waals surface area (Å²) in [6.07, 6.45) is 2.15. The van der Waals surface area contributed by atoms with Gasteiger partial charge in [-0.25, -0.2) is 13.1 Å². The van der Waals surface area contributed by atoms with Crippen LogP contribution < -0.4 is 10.0 Å². The molecule has 1 heterocycles. The van der Waals surface area contributed by atoms with Gasteiger partial charge >= 0.3 is 0 Å². The quantitative estimate of drug-likeness (QED) is 0.893. The zero-order chi connectivity index (χ0) is 14.8. The minimum Gasteiger partial charge on any atom is -0.316 e. The second kappa shape index (κ2) is 5.84. The Bertz CT molecular complexity index is 576. The molecule has 1 aliphatic heterocycles. The fourth-order valence-electron chi connectivity index (χ4n) is 2.50. The van der Waals surface area contributed by atoms with Gasteiger partial charge in [-0.05, 0) is 61.9 Å².